The maximum Gasteiger partial charge on any atom is 0.183 e. The molecule has 0 bridgehead atoms. The molecule has 1 aliphatic rings. The van der Waals surface area contributed by atoms with E-state index < -0.39 is 0 Å². The largest absolute Gasteiger partial charge is 0.479 e. The van der Waals surface area contributed by atoms with E-state index in [2.05, 4.69) is 24.1 Å². The van der Waals surface area contributed by atoms with Crippen LogP contribution in [0.2, 0.25) is 0 Å². The van der Waals surface area contributed by atoms with E-state index in [0.717, 1.165) is 25.2 Å². The fourth-order valence-corrected chi connectivity index (χ4v) is 3.57. The van der Waals surface area contributed by atoms with Crippen molar-refractivity contribution in [2.45, 2.75) is 129 Å². The molecular weight excluding hydrogens is 334 g/mol. The molecule has 0 saturated heterocycles. The number of rotatable bonds is 18. The molecular formula is C24H45NO2. The Bertz CT molecular complexity index is 392. The molecule has 0 spiro atoms. The lowest BCUT2D eigenvalue weighted by molar-refractivity contribution is 0.124. The van der Waals surface area contributed by atoms with Crippen molar-refractivity contribution in [1.82, 2.24) is 0 Å². The van der Waals surface area contributed by atoms with Crippen LogP contribution in [0.5, 0.6) is 0 Å². The summed E-state index contributed by atoms with van der Waals surface area (Å²) >= 11 is 0. The average Bonchev–Trinajstić information content (AvgIpc) is 3.16. The maximum atomic E-state index is 9.80. The van der Waals surface area contributed by atoms with Gasteiger partial charge in [0.1, 0.15) is 12.6 Å². The summed E-state index contributed by atoms with van der Waals surface area (Å²) in [7, 11) is 0. The fourth-order valence-electron chi connectivity index (χ4n) is 3.57. The third-order valence-electron chi connectivity index (χ3n) is 5.50. The van der Waals surface area contributed by atoms with Gasteiger partial charge in [-0.15, -0.1) is 0 Å². The van der Waals surface area contributed by atoms with Crippen molar-refractivity contribution >= 4 is 5.90 Å². The molecule has 0 aliphatic carbocycles. The molecule has 1 heterocycles. The summed E-state index contributed by atoms with van der Waals surface area (Å²) < 4.78 is 5.60. The van der Waals surface area contributed by atoms with Crippen molar-refractivity contribution in [2.24, 2.45) is 4.99 Å². The van der Waals surface area contributed by atoms with Crippen molar-refractivity contribution in [3.63, 3.8) is 0 Å². The van der Waals surface area contributed by atoms with Crippen LogP contribution in [0, 0.1) is 0 Å². The second-order valence-corrected chi connectivity index (χ2v) is 8.06. The van der Waals surface area contributed by atoms with E-state index in [1.54, 1.807) is 0 Å². The molecule has 0 fully saturated rings. The number of nitrogens with zero attached hydrogens (tertiary/aromatic N) is 1. The van der Waals surface area contributed by atoms with Crippen LogP contribution < -0.4 is 0 Å². The number of allylic oxidation sites excluding steroid dienone is 2. The highest BCUT2D eigenvalue weighted by Crippen LogP contribution is 2.16. The van der Waals surface area contributed by atoms with Crippen LogP contribution in [0.3, 0.4) is 0 Å². The first-order chi connectivity index (χ1) is 13.3. The SMILES string of the molecule is CCCCCCCCC=CCCCCCCCCC1=NC(C(O)CC)CO1. The Hall–Kier alpha value is -0.830. The van der Waals surface area contributed by atoms with Crippen molar-refractivity contribution in [3.8, 4) is 0 Å². The van der Waals surface area contributed by atoms with Gasteiger partial charge >= 0.3 is 0 Å². The molecule has 1 aliphatic heterocycles. The number of hydrogen-bond donors (Lipinski definition) is 1. The topological polar surface area (TPSA) is 41.8 Å². The van der Waals surface area contributed by atoms with E-state index in [4.69, 9.17) is 4.74 Å². The quantitative estimate of drug-likeness (QED) is 0.206. The molecule has 1 rings (SSSR count). The zero-order valence-electron chi connectivity index (χ0n) is 18.1. The summed E-state index contributed by atoms with van der Waals surface area (Å²) in [5, 5.41) is 9.80. The summed E-state index contributed by atoms with van der Waals surface area (Å²) in [6.45, 7) is 4.83. The number of ether oxygens (including phenoxy) is 1. The van der Waals surface area contributed by atoms with Gasteiger partial charge in [0.05, 0.1) is 6.10 Å². The third kappa shape index (κ3) is 13.1. The standard InChI is InChI=1S/C24H45NO2/c1-3-5-6-7-8-9-10-11-12-13-14-15-16-17-18-19-20-24-25-22(21-27-24)23(26)4-2/h11-12,22-23,26H,3-10,13-21H2,1-2H3. The first-order valence-corrected chi connectivity index (χ1v) is 11.8. The Kier molecular flexibility index (Phi) is 15.5. The first-order valence-electron chi connectivity index (χ1n) is 11.8. The van der Waals surface area contributed by atoms with Gasteiger partial charge in [0.2, 0.25) is 0 Å². The lowest BCUT2D eigenvalue weighted by Crippen LogP contribution is -2.24. The first kappa shape index (κ1) is 24.2. The summed E-state index contributed by atoms with van der Waals surface area (Å²) in [5.74, 6) is 0.864. The number of hydrogen-bond acceptors (Lipinski definition) is 3. The number of unbranched alkanes of at least 4 members (excludes halogenated alkanes) is 12. The Labute approximate surface area is 168 Å². The van der Waals surface area contributed by atoms with Gasteiger partial charge in [0, 0.05) is 6.42 Å². The molecule has 3 nitrogen and oxygen atoms in total. The van der Waals surface area contributed by atoms with Crippen LogP contribution in [0.4, 0.5) is 0 Å². The normalized spacial score (nSPS) is 18.0. The molecule has 0 aromatic carbocycles. The van der Waals surface area contributed by atoms with Crippen LogP contribution in [-0.4, -0.2) is 29.8 Å². The van der Waals surface area contributed by atoms with Crippen LogP contribution in [0.1, 0.15) is 117 Å². The summed E-state index contributed by atoms with van der Waals surface area (Å²) in [6.07, 6.45) is 24.8. The molecule has 27 heavy (non-hydrogen) atoms. The van der Waals surface area contributed by atoms with Gasteiger partial charge in [-0.05, 0) is 38.5 Å². The van der Waals surface area contributed by atoms with Gasteiger partial charge in [-0.1, -0.05) is 83.8 Å². The molecule has 0 aromatic rings. The predicted molar refractivity (Wildman–Crippen MR) is 118 cm³/mol. The van der Waals surface area contributed by atoms with E-state index >= 15 is 0 Å². The van der Waals surface area contributed by atoms with Crippen LogP contribution in [-0.2, 0) is 4.74 Å². The Balaban J connectivity index is 1.82. The molecule has 2 unspecified atom stereocenters. The van der Waals surface area contributed by atoms with Crippen LogP contribution in [0.25, 0.3) is 0 Å². The van der Waals surface area contributed by atoms with Crippen molar-refractivity contribution in [2.75, 3.05) is 6.61 Å². The summed E-state index contributed by atoms with van der Waals surface area (Å²) in [6, 6.07) is -0.0286. The monoisotopic (exact) mass is 379 g/mol. The van der Waals surface area contributed by atoms with E-state index in [0.29, 0.717) is 6.61 Å². The molecule has 158 valence electrons. The van der Waals surface area contributed by atoms with E-state index in [1.807, 2.05) is 6.92 Å². The summed E-state index contributed by atoms with van der Waals surface area (Å²) in [5.41, 5.74) is 0. The van der Waals surface area contributed by atoms with Crippen LogP contribution >= 0.6 is 0 Å². The maximum absolute atomic E-state index is 9.80. The molecule has 0 saturated carbocycles. The number of aliphatic hydroxyl groups is 1. The van der Waals surface area contributed by atoms with E-state index in [9.17, 15) is 5.11 Å². The minimum Gasteiger partial charge on any atom is -0.479 e. The van der Waals surface area contributed by atoms with Gasteiger partial charge in [-0.25, -0.2) is 4.99 Å². The minimum absolute atomic E-state index is 0.0286. The lowest BCUT2D eigenvalue weighted by Gasteiger charge is -2.10. The molecule has 0 aromatic heterocycles. The van der Waals surface area contributed by atoms with Gasteiger partial charge in [0.25, 0.3) is 0 Å². The second-order valence-electron chi connectivity index (χ2n) is 8.06. The highest BCUT2D eigenvalue weighted by Gasteiger charge is 2.24. The lowest BCUT2D eigenvalue weighted by atomic mass is 10.1. The molecule has 2 atom stereocenters. The van der Waals surface area contributed by atoms with Gasteiger partial charge in [0.15, 0.2) is 5.90 Å². The predicted octanol–water partition coefficient (Wildman–Crippen LogP) is 6.98. The number of aliphatic hydroxyl groups excluding tert-OH is 1. The number of aliphatic imine (C=N–C) groups is 1. The Morgan fingerprint density at radius 3 is 2.04 bits per heavy atom. The zero-order chi connectivity index (χ0) is 19.6. The van der Waals surface area contributed by atoms with Gasteiger partial charge in [-0.2, -0.15) is 0 Å². The van der Waals surface area contributed by atoms with Gasteiger partial charge in [-0.3, -0.25) is 0 Å². The van der Waals surface area contributed by atoms with Gasteiger partial charge < -0.3 is 9.84 Å². The average molecular weight is 380 g/mol. The van der Waals surface area contributed by atoms with Crippen LogP contribution in [0.15, 0.2) is 17.1 Å². The van der Waals surface area contributed by atoms with Crippen molar-refractivity contribution in [1.29, 1.82) is 0 Å². The minimum atomic E-state index is -0.345. The molecule has 0 radical (unpaired) electrons. The van der Waals surface area contributed by atoms with E-state index in [-0.39, 0.29) is 12.1 Å². The smallest absolute Gasteiger partial charge is 0.183 e. The summed E-state index contributed by atoms with van der Waals surface area (Å²) in [4.78, 5) is 4.50. The fraction of sp³-hybridized carbons (Fsp3) is 0.875. The third-order valence-corrected chi connectivity index (χ3v) is 5.50. The molecule has 1 N–H and O–H groups in total. The Morgan fingerprint density at radius 1 is 0.889 bits per heavy atom. The molecule has 0 amide bonds. The van der Waals surface area contributed by atoms with Crippen molar-refractivity contribution < 1.29 is 9.84 Å². The van der Waals surface area contributed by atoms with Crippen molar-refractivity contribution in [3.05, 3.63) is 12.2 Å². The zero-order valence-corrected chi connectivity index (χ0v) is 18.1. The highest BCUT2D eigenvalue weighted by molar-refractivity contribution is 5.77. The molecule has 3 heteroatoms. The second kappa shape index (κ2) is 17.3. The highest BCUT2D eigenvalue weighted by atomic mass is 16.5. The van der Waals surface area contributed by atoms with E-state index in [1.165, 1.54) is 83.5 Å². The Morgan fingerprint density at radius 2 is 1.44 bits per heavy atom.